The number of carbonyl (C=O) groups is 1. The fourth-order valence-corrected chi connectivity index (χ4v) is 1.61. The number of hydrogen-bond donors (Lipinski definition) is 3. The molecule has 0 bridgehead atoms. The predicted molar refractivity (Wildman–Crippen MR) is 75.2 cm³/mol. The molecular weight excluding hydrogens is 256 g/mol. The molecule has 20 heavy (non-hydrogen) atoms. The first-order chi connectivity index (χ1) is 9.68. The van der Waals surface area contributed by atoms with Crippen molar-refractivity contribution in [2.24, 2.45) is 5.10 Å². The number of hydrogen-bond acceptors (Lipinski definition) is 4. The first-order valence-electron chi connectivity index (χ1n) is 6.02. The van der Waals surface area contributed by atoms with Crippen molar-refractivity contribution in [2.45, 2.75) is 6.10 Å². The van der Waals surface area contributed by atoms with Gasteiger partial charge < -0.3 is 10.2 Å². The molecule has 0 spiro atoms. The summed E-state index contributed by atoms with van der Waals surface area (Å²) in [4.78, 5) is 11.7. The van der Waals surface area contributed by atoms with E-state index in [-0.39, 0.29) is 5.75 Å². The highest BCUT2D eigenvalue weighted by molar-refractivity contribution is 5.86. The molecule has 2 aromatic carbocycles. The van der Waals surface area contributed by atoms with Gasteiger partial charge in [-0.1, -0.05) is 42.5 Å². The van der Waals surface area contributed by atoms with Gasteiger partial charge in [-0.25, -0.2) is 5.43 Å². The van der Waals surface area contributed by atoms with Crippen LogP contribution >= 0.6 is 0 Å². The minimum atomic E-state index is -1.28. The summed E-state index contributed by atoms with van der Waals surface area (Å²) in [7, 11) is 0. The Bertz CT molecular complexity index is 612. The Balaban J connectivity index is 1.97. The van der Waals surface area contributed by atoms with E-state index in [0.717, 1.165) is 0 Å². The van der Waals surface area contributed by atoms with E-state index in [0.29, 0.717) is 11.1 Å². The highest BCUT2D eigenvalue weighted by Gasteiger charge is 2.15. The Morgan fingerprint density at radius 3 is 2.45 bits per heavy atom. The van der Waals surface area contributed by atoms with Crippen LogP contribution in [0.3, 0.4) is 0 Å². The lowest BCUT2D eigenvalue weighted by atomic mass is 10.1. The van der Waals surface area contributed by atoms with E-state index in [1.165, 1.54) is 12.3 Å². The molecule has 0 heterocycles. The Kier molecular flexibility index (Phi) is 4.47. The minimum absolute atomic E-state index is 0.0640. The second-order valence-corrected chi connectivity index (χ2v) is 4.11. The number of carbonyl (C=O) groups excluding carboxylic acids is 1. The number of rotatable bonds is 4. The zero-order valence-corrected chi connectivity index (χ0v) is 10.6. The molecule has 5 heteroatoms. The number of para-hydroxylation sites is 1. The molecule has 1 unspecified atom stereocenters. The zero-order chi connectivity index (χ0) is 14.4. The fraction of sp³-hybridized carbons (Fsp3) is 0.0667. The molecule has 1 atom stereocenters. The third-order valence-electron chi connectivity index (χ3n) is 2.68. The highest BCUT2D eigenvalue weighted by Crippen LogP contribution is 2.13. The molecule has 0 saturated carbocycles. The van der Waals surface area contributed by atoms with E-state index in [2.05, 4.69) is 10.5 Å². The SMILES string of the molecule is O=C(N/N=C\c1ccccc1O)C(O)c1ccccc1. The lowest BCUT2D eigenvalue weighted by Gasteiger charge is -2.08. The standard InChI is InChI=1S/C15H14N2O3/c18-13-9-5-4-8-12(13)10-16-17-15(20)14(19)11-6-2-1-3-7-11/h1-10,14,18-19H,(H,17,20)/b16-10-. The summed E-state index contributed by atoms with van der Waals surface area (Å²) in [6, 6.07) is 15.2. The second-order valence-electron chi connectivity index (χ2n) is 4.11. The van der Waals surface area contributed by atoms with Gasteiger partial charge in [-0.15, -0.1) is 0 Å². The molecule has 0 saturated heterocycles. The van der Waals surface area contributed by atoms with Crippen molar-refractivity contribution in [3.05, 3.63) is 65.7 Å². The lowest BCUT2D eigenvalue weighted by Crippen LogP contribution is -2.25. The maximum atomic E-state index is 11.7. The average Bonchev–Trinajstić information content (AvgIpc) is 2.49. The smallest absolute Gasteiger partial charge is 0.273 e. The van der Waals surface area contributed by atoms with Gasteiger partial charge in [-0.05, 0) is 17.7 Å². The maximum Gasteiger partial charge on any atom is 0.273 e. The maximum absolute atomic E-state index is 11.7. The number of amides is 1. The summed E-state index contributed by atoms with van der Waals surface area (Å²) in [6.07, 6.45) is 0.0306. The number of aliphatic hydroxyl groups is 1. The molecule has 2 rings (SSSR count). The Morgan fingerprint density at radius 2 is 1.75 bits per heavy atom. The van der Waals surface area contributed by atoms with Gasteiger partial charge in [0.1, 0.15) is 5.75 Å². The molecular formula is C15H14N2O3. The van der Waals surface area contributed by atoms with Crippen molar-refractivity contribution < 1.29 is 15.0 Å². The first-order valence-corrected chi connectivity index (χ1v) is 6.02. The number of nitrogens with one attached hydrogen (secondary N) is 1. The molecule has 0 aliphatic rings. The summed E-state index contributed by atoms with van der Waals surface area (Å²) in [5.41, 5.74) is 3.19. The third kappa shape index (κ3) is 3.43. The largest absolute Gasteiger partial charge is 0.507 e. The van der Waals surface area contributed by atoms with Crippen LogP contribution in [0.15, 0.2) is 59.7 Å². The van der Waals surface area contributed by atoms with E-state index in [1.807, 2.05) is 0 Å². The van der Waals surface area contributed by atoms with Crippen molar-refractivity contribution in [1.29, 1.82) is 0 Å². The summed E-state index contributed by atoms with van der Waals surface area (Å²) in [6.45, 7) is 0. The van der Waals surface area contributed by atoms with E-state index in [4.69, 9.17) is 0 Å². The molecule has 2 aromatic rings. The van der Waals surface area contributed by atoms with Gasteiger partial charge in [0.15, 0.2) is 6.10 Å². The monoisotopic (exact) mass is 270 g/mol. The average molecular weight is 270 g/mol. The van der Waals surface area contributed by atoms with Crippen LogP contribution in [0.25, 0.3) is 0 Å². The quantitative estimate of drug-likeness (QED) is 0.582. The number of phenolic OH excluding ortho intramolecular Hbond substituents is 1. The Labute approximate surface area is 116 Å². The van der Waals surface area contributed by atoms with Crippen molar-refractivity contribution >= 4 is 12.1 Å². The molecule has 0 aromatic heterocycles. The first kappa shape index (κ1) is 13.8. The number of hydrazone groups is 1. The van der Waals surface area contributed by atoms with Crippen LogP contribution in [0.5, 0.6) is 5.75 Å². The molecule has 0 fully saturated rings. The van der Waals surface area contributed by atoms with Gasteiger partial charge in [-0.2, -0.15) is 5.10 Å². The lowest BCUT2D eigenvalue weighted by molar-refractivity contribution is -0.129. The fourth-order valence-electron chi connectivity index (χ4n) is 1.61. The molecule has 0 aliphatic carbocycles. The van der Waals surface area contributed by atoms with Crippen LogP contribution in [-0.4, -0.2) is 22.3 Å². The van der Waals surface area contributed by atoms with Gasteiger partial charge in [0.2, 0.25) is 0 Å². The predicted octanol–water partition coefficient (Wildman–Crippen LogP) is 1.58. The summed E-state index contributed by atoms with van der Waals surface area (Å²) < 4.78 is 0. The molecule has 102 valence electrons. The summed E-state index contributed by atoms with van der Waals surface area (Å²) in [5, 5.41) is 23.0. The van der Waals surface area contributed by atoms with Gasteiger partial charge in [0.25, 0.3) is 5.91 Å². The van der Waals surface area contributed by atoms with Crippen molar-refractivity contribution in [3.8, 4) is 5.75 Å². The molecule has 5 nitrogen and oxygen atoms in total. The highest BCUT2D eigenvalue weighted by atomic mass is 16.3. The normalized spacial score (nSPS) is 12.2. The third-order valence-corrected chi connectivity index (χ3v) is 2.68. The van der Waals surface area contributed by atoms with E-state index >= 15 is 0 Å². The summed E-state index contributed by atoms with van der Waals surface area (Å²) >= 11 is 0. The van der Waals surface area contributed by atoms with Crippen LogP contribution in [0, 0.1) is 0 Å². The number of phenols is 1. The van der Waals surface area contributed by atoms with Crippen molar-refractivity contribution in [3.63, 3.8) is 0 Å². The molecule has 3 N–H and O–H groups in total. The van der Waals surface area contributed by atoms with Crippen molar-refractivity contribution in [2.75, 3.05) is 0 Å². The van der Waals surface area contributed by atoms with Crippen LogP contribution in [0.1, 0.15) is 17.2 Å². The second kappa shape index (κ2) is 6.49. The Morgan fingerprint density at radius 1 is 1.10 bits per heavy atom. The number of nitrogens with zero attached hydrogens (tertiary/aromatic N) is 1. The van der Waals surface area contributed by atoms with Crippen LogP contribution in [0.4, 0.5) is 0 Å². The van der Waals surface area contributed by atoms with Crippen LogP contribution in [-0.2, 0) is 4.79 Å². The van der Waals surface area contributed by atoms with E-state index in [1.54, 1.807) is 48.5 Å². The number of aliphatic hydroxyl groups excluding tert-OH is 1. The molecule has 0 aliphatic heterocycles. The van der Waals surface area contributed by atoms with Crippen molar-refractivity contribution in [1.82, 2.24) is 5.43 Å². The topological polar surface area (TPSA) is 81.9 Å². The zero-order valence-electron chi connectivity index (χ0n) is 10.6. The van der Waals surface area contributed by atoms with Crippen LogP contribution < -0.4 is 5.43 Å². The van der Waals surface area contributed by atoms with E-state index < -0.39 is 12.0 Å². The van der Waals surface area contributed by atoms with Gasteiger partial charge in [0.05, 0.1) is 6.21 Å². The van der Waals surface area contributed by atoms with Gasteiger partial charge >= 0.3 is 0 Å². The molecule has 1 amide bonds. The Hall–Kier alpha value is -2.66. The van der Waals surface area contributed by atoms with Gasteiger partial charge in [-0.3, -0.25) is 4.79 Å². The molecule has 0 radical (unpaired) electrons. The minimum Gasteiger partial charge on any atom is -0.507 e. The number of benzene rings is 2. The van der Waals surface area contributed by atoms with Gasteiger partial charge in [0, 0.05) is 5.56 Å². The van der Waals surface area contributed by atoms with Crippen LogP contribution in [0.2, 0.25) is 0 Å². The summed E-state index contributed by atoms with van der Waals surface area (Å²) in [5.74, 6) is -0.572. The van der Waals surface area contributed by atoms with E-state index in [9.17, 15) is 15.0 Å². The number of aromatic hydroxyl groups is 1.